The first-order chi connectivity index (χ1) is 11.5. The third-order valence-corrected chi connectivity index (χ3v) is 5.08. The van der Waals surface area contributed by atoms with Crippen LogP contribution in [-0.2, 0) is 11.3 Å². The molecule has 0 bridgehead atoms. The Morgan fingerprint density at radius 2 is 2.04 bits per heavy atom. The number of carbonyl (C=O) groups is 1. The van der Waals surface area contributed by atoms with Gasteiger partial charge >= 0.3 is 0 Å². The fraction of sp³-hybridized carbons (Fsp3) is 0.438. The highest BCUT2D eigenvalue weighted by Crippen LogP contribution is 2.32. The van der Waals surface area contributed by atoms with Crippen LogP contribution >= 0.6 is 15.9 Å². The van der Waals surface area contributed by atoms with Crippen LogP contribution in [0.25, 0.3) is 0 Å². The molecule has 0 atom stereocenters. The van der Waals surface area contributed by atoms with E-state index in [9.17, 15) is 4.79 Å². The van der Waals surface area contributed by atoms with Crippen LogP contribution < -0.4 is 16.0 Å². The highest BCUT2D eigenvalue weighted by atomic mass is 79.9. The van der Waals surface area contributed by atoms with E-state index in [0.29, 0.717) is 18.4 Å². The molecule has 1 saturated heterocycles. The average Bonchev–Trinajstić information content (AvgIpc) is 3.01. The number of nitrogens with two attached hydrogens (primary N) is 1. The number of aromatic amines is 1. The number of halogens is 1. The summed E-state index contributed by atoms with van der Waals surface area (Å²) >= 11 is 3.41. The van der Waals surface area contributed by atoms with Crippen molar-refractivity contribution in [1.82, 2.24) is 20.5 Å². The van der Waals surface area contributed by atoms with Crippen molar-refractivity contribution >= 4 is 33.7 Å². The molecule has 24 heavy (non-hydrogen) atoms. The second kappa shape index (κ2) is 6.80. The number of hydrogen-bond acceptors (Lipinski definition) is 5. The van der Waals surface area contributed by atoms with Crippen LogP contribution in [0.1, 0.15) is 25.3 Å². The van der Waals surface area contributed by atoms with Crippen LogP contribution in [0, 0.1) is 5.41 Å². The van der Waals surface area contributed by atoms with E-state index < -0.39 is 0 Å². The van der Waals surface area contributed by atoms with Gasteiger partial charge in [0.2, 0.25) is 17.8 Å². The molecule has 1 aliphatic heterocycles. The minimum absolute atomic E-state index is 0.0968. The maximum atomic E-state index is 12.6. The van der Waals surface area contributed by atoms with Gasteiger partial charge in [-0.25, -0.2) is 5.10 Å². The topological polar surface area (TPSA) is 99.9 Å². The van der Waals surface area contributed by atoms with Crippen molar-refractivity contribution in [2.45, 2.75) is 26.3 Å². The van der Waals surface area contributed by atoms with Crippen molar-refractivity contribution in [3.05, 3.63) is 34.3 Å². The molecule has 1 aromatic carbocycles. The van der Waals surface area contributed by atoms with E-state index in [0.717, 1.165) is 36.0 Å². The summed E-state index contributed by atoms with van der Waals surface area (Å²) in [6.45, 7) is 4.04. The molecule has 0 unspecified atom stereocenters. The summed E-state index contributed by atoms with van der Waals surface area (Å²) < 4.78 is 1.03. The number of hydrogen-bond donors (Lipinski definition) is 3. The summed E-state index contributed by atoms with van der Waals surface area (Å²) in [5.74, 6) is 1.01. The van der Waals surface area contributed by atoms with Crippen molar-refractivity contribution < 1.29 is 4.79 Å². The lowest BCUT2D eigenvalue weighted by molar-refractivity contribution is -0.131. The van der Waals surface area contributed by atoms with Gasteiger partial charge in [0, 0.05) is 29.5 Å². The first-order valence-electron chi connectivity index (χ1n) is 7.92. The molecule has 0 aliphatic carbocycles. The summed E-state index contributed by atoms with van der Waals surface area (Å²) in [7, 11) is 0. The average molecular weight is 393 g/mol. The number of carbonyl (C=O) groups excluding carboxylic acids is 1. The van der Waals surface area contributed by atoms with E-state index in [1.165, 1.54) is 0 Å². The highest BCUT2D eigenvalue weighted by molar-refractivity contribution is 9.10. The fourth-order valence-corrected chi connectivity index (χ4v) is 3.10. The number of nitrogen functional groups attached to an aromatic ring is 1. The molecule has 4 N–H and O–H groups in total. The second-order valence-electron chi connectivity index (χ2n) is 6.38. The Morgan fingerprint density at radius 1 is 1.38 bits per heavy atom. The zero-order valence-electron chi connectivity index (χ0n) is 13.6. The lowest BCUT2D eigenvalue weighted by Crippen LogP contribution is -2.47. The maximum absolute atomic E-state index is 12.6. The zero-order valence-corrected chi connectivity index (χ0v) is 15.1. The Bertz CT molecular complexity index is 706. The molecule has 1 aliphatic rings. The standard InChI is InChI=1S/C16H21BrN6O/c1-16(13(24)19-10-11-2-4-12(17)5-3-11)6-8-23(9-7-16)15-20-14(18)21-22-15/h2-5H,6-10H2,1H3,(H,19,24)(H3,18,20,21,22). The summed E-state index contributed by atoms with van der Waals surface area (Å²) in [5.41, 5.74) is 6.29. The highest BCUT2D eigenvalue weighted by Gasteiger charge is 2.37. The number of nitrogens with one attached hydrogen (secondary N) is 2. The van der Waals surface area contributed by atoms with Gasteiger partial charge in [-0.05, 0) is 30.5 Å². The number of rotatable bonds is 4. The molecule has 2 aromatic rings. The molecule has 1 amide bonds. The van der Waals surface area contributed by atoms with E-state index in [1.807, 2.05) is 31.2 Å². The fourth-order valence-electron chi connectivity index (χ4n) is 2.83. The lowest BCUT2D eigenvalue weighted by Gasteiger charge is -2.37. The summed E-state index contributed by atoms with van der Waals surface area (Å²) in [6.07, 6.45) is 1.52. The molecule has 128 valence electrons. The van der Waals surface area contributed by atoms with Gasteiger partial charge in [-0.15, -0.1) is 5.10 Å². The Balaban J connectivity index is 1.54. The van der Waals surface area contributed by atoms with Gasteiger partial charge in [-0.2, -0.15) is 4.98 Å². The third-order valence-electron chi connectivity index (χ3n) is 4.56. The zero-order chi connectivity index (χ0) is 17.2. The van der Waals surface area contributed by atoms with E-state index in [-0.39, 0.29) is 11.3 Å². The number of anilines is 2. The molecule has 2 heterocycles. The molecule has 8 heteroatoms. The third kappa shape index (κ3) is 3.69. The number of aromatic nitrogens is 3. The molecule has 0 radical (unpaired) electrons. The van der Waals surface area contributed by atoms with Crippen LogP contribution in [0.5, 0.6) is 0 Å². The minimum Gasteiger partial charge on any atom is -0.368 e. The van der Waals surface area contributed by atoms with Crippen molar-refractivity contribution in [3.63, 3.8) is 0 Å². The molecule has 1 aromatic heterocycles. The van der Waals surface area contributed by atoms with Gasteiger partial charge in [0.1, 0.15) is 0 Å². The van der Waals surface area contributed by atoms with E-state index >= 15 is 0 Å². The number of piperidine rings is 1. The van der Waals surface area contributed by atoms with E-state index in [1.54, 1.807) is 0 Å². The molecule has 0 saturated carbocycles. The first-order valence-corrected chi connectivity index (χ1v) is 8.71. The Hall–Kier alpha value is -2.09. The number of nitrogens with zero attached hydrogens (tertiary/aromatic N) is 3. The smallest absolute Gasteiger partial charge is 0.246 e. The SMILES string of the molecule is CC1(C(=O)NCc2ccc(Br)cc2)CCN(c2n[nH]c(N)n2)CC1. The molecule has 1 fully saturated rings. The van der Waals surface area contributed by atoms with E-state index in [4.69, 9.17) is 5.73 Å². The van der Waals surface area contributed by atoms with Crippen LogP contribution in [0.2, 0.25) is 0 Å². The normalized spacial score (nSPS) is 16.8. The Labute approximate surface area is 149 Å². The maximum Gasteiger partial charge on any atom is 0.246 e. The van der Waals surface area contributed by atoms with Crippen molar-refractivity contribution in [2.75, 3.05) is 23.7 Å². The quantitative estimate of drug-likeness (QED) is 0.739. The van der Waals surface area contributed by atoms with Crippen molar-refractivity contribution in [1.29, 1.82) is 0 Å². The lowest BCUT2D eigenvalue weighted by atomic mass is 9.79. The van der Waals surface area contributed by atoms with Gasteiger partial charge in [-0.3, -0.25) is 4.79 Å². The predicted molar refractivity (Wildman–Crippen MR) is 96.3 cm³/mol. The first kappa shape index (κ1) is 16.8. The van der Waals surface area contributed by atoms with Crippen LogP contribution in [0.15, 0.2) is 28.7 Å². The Kier molecular flexibility index (Phi) is 4.75. The largest absolute Gasteiger partial charge is 0.368 e. The summed E-state index contributed by atoms with van der Waals surface area (Å²) in [5, 5.41) is 9.78. The van der Waals surface area contributed by atoms with Crippen LogP contribution in [0.3, 0.4) is 0 Å². The van der Waals surface area contributed by atoms with Crippen molar-refractivity contribution in [3.8, 4) is 0 Å². The van der Waals surface area contributed by atoms with Gasteiger partial charge in [0.15, 0.2) is 0 Å². The van der Waals surface area contributed by atoms with Gasteiger partial charge in [-0.1, -0.05) is 35.0 Å². The number of benzene rings is 1. The number of H-pyrrole nitrogens is 1. The minimum atomic E-state index is -0.367. The summed E-state index contributed by atoms with van der Waals surface area (Å²) in [6, 6.07) is 7.96. The number of amides is 1. The Morgan fingerprint density at radius 3 is 2.62 bits per heavy atom. The molecular weight excluding hydrogens is 372 g/mol. The van der Waals surface area contributed by atoms with E-state index in [2.05, 4.69) is 41.3 Å². The van der Waals surface area contributed by atoms with Crippen LogP contribution in [0.4, 0.5) is 11.9 Å². The molecule has 7 nitrogen and oxygen atoms in total. The predicted octanol–water partition coefficient (Wildman–Crippen LogP) is 2.07. The van der Waals surface area contributed by atoms with Crippen molar-refractivity contribution in [2.24, 2.45) is 5.41 Å². The summed E-state index contributed by atoms with van der Waals surface area (Å²) in [4.78, 5) is 18.8. The van der Waals surface area contributed by atoms with Gasteiger partial charge < -0.3 is 16.0 Å². The molecule has 0 spiro atoms. The van der Waals surface area contributed by atoms with Gasteiger partial charge in [0.05, 0.1) is 0 Å². The van der Waals surface area contributed by atoms with Gasteiger partial charge in [0.25, 0.3) is 0 Å². The monoisotopic (exact) mass is 392 g/mol. The second-order valence-corrected chi connectivity index (χ2v) is 7.29. The molecular formula is C16H21BrN6O. The molecule has 3 rings (SSSR count). The van der Waals surface area contributed by atoms with Crippen LogP contribution in [-0.4, -0.2) is 34.2 Å².